The lowest BCUT2D eigenvalue weighted by Crippen LogP contribution is -2.50. The number of carbonyl (C=O) groups is 2. The van der Waals surface area contributed by atoms with E-state index >= 15 is 0 Å². The van der Waals surface area contributed by atoms with Gasteiger partial charge in [-0.15, -0.1) is 0 Å². The van der Waals surface area contributed by atoms with E-state index in [2.05, 4.69) is 20.4 Å². The number of carbonyl (C=O) groups excluding carboxylic acids is 2. The molecule has 0 radical (unpaired) electrons. The van der Waals surface area contributed by atoms with Gasteiger partial charge < -0.3 is 9.47 Å². The van der Waals surface area contributed by atoms with Crippen LogP contribution in [0.4, 0.5) is 0 Å². The van der Waals surface area contributed by atoms with Crippen LogP contribution >= 0.6 is 0 Å². The van der Waals surface area contributed by atoms with Gasteiger partial charge in [-0.05, 0) is 44.4 Å². The number of hydrogen-bond acceptors (Lipinski definition) is 4. The third-order valence-electron chi connectivity index (χ3n) is 7.09. The normalized spacial score (nSPS) is 43.5. The van der Waals surface area contributed by atoms with Crippen LogP contribution in [0.2, 0.25) is 0 Å². The Morgan fingerprint density at radius 2 is 2.04 bits per heavy atom. The molecule has 4 nitrogen and oxygen atoms in total. The van der Waals surface area contributed by atoms with Crippen molar-refractivity contribution in [3.8, 4) is 0 Å². The van der Waals surface area contributed by atoms with Gasteiger partial charge in [0.05, 0.1) is 6.10 Å². The van der Waals surface area contributed by atoms with Crippen LogP contribution in [0, 0.1) is 29.6 Å². The van der Waals surface area contributed by atoms with Gasteiger partial charge in [0.2, 0.25) is 0 Å². The first-order valence-corrected chi connectivity index (χ1v) is 10.2. The van der Waals surface area contributed by atoms with Crippen molar-refractivity contribution in [1.82, 2.24) is 0 Å². The fraction of sp³-hybridized carbons (Fsp3) is 0.818. The van der Waals surface area contributed by atoms with Crippen LogP contribution in [-0.2, 0) is 19.1 Å². The first-order chi connectivity index (χ1) is 12.1. The minimum atomic E-state index is -0.756. The maximum absolute atomic E-state index is 12.6. The molecule has 0 amide bonds. The lowest BCUT2D eigenvalue weighted by Gasteiger charge is -2.45. The zero-order valence-electron chi connectivity index (χ0n) is 16.9. The van der Waals surface area contributed by atoms with Crippen molar-refractivity contribution in [1.29, 1.82) is 0 Å². The summed E-state index contributed by atoms with van der Waals surface area (Å²) in [6.45, 7) is 14.4. The van der Waals surface area contributed by atoms with Gasteiger partial charge in [-0.25, -0.2) is 0 Å². The zero-order valence-corrected chi connectivity index (χ0v) is 16.9. The summed E-state index contributed by atoms with van der Waals surface area (Å²) in [6.07, 6.45) is 3.72. The third kappa shape index (κ3) is 3.37. The number of rotatable bonds is 2. The van der Waals surface area contributed by atoms with Crippen molar-refractivity contribution < 1.29 is 19.1 Å². The average molecular weight is 363 g/mol. The number of esters is 1. The largest absolute Gasteiger partial charge is 0.457 e. The molecule has 0 aromatic rings. The topological polar surface area (TPSA) is 52.6 Å². The Hall–Kier alpha value is -1.16. The number of Topliss-reactive ketones (excluding diaryl/α,β-unsaturated/α-hetero) is 1. The number of hydrogen-bond donors (Lipinski definition) is 0. The monoisotopic (exact) mass is 362 g/mol. The van der Waals surface area contributed by atoms with E-state index in [1.165, 1.54) is 12.5 Å². The van der Waals surface area contributed by atoms with Gasteiger partial charge in [-0.1, -0.05) is 32.9 Å². The van der Waals surface area contributed by atoms with Gasteiger partial charge in [-0.2, -0.15) is 0 Å². The van der Waals surface area contributed by atoms with E-state index in [0.29, 0.717) is 30.6 Å². The molecule has 0 N–H and O–H groups in total. The van der Waals surface area contributed by atoms with Crippen molar-refractivity contribution >= 4 is 11.8 Å². The van der Waals surface area contributed by atoms with Crippen LogP contribution in [0.25, 0.3) is 0 Å². The lowest BCUT2D eigenvalue weighted by atomic mass is 9.61. The fourth-order valence-electron chi connectivity index (χ4n) is 5.75. The van der Waals surface area contributed by atoms with Crippen molar-refractivity contribution in [2.24, 2.45) is 29.6 Å². The second kappa shape index (κ2) is 7.10. The summed E-state index contributed by atoms with van der Waals surface area (Å²) in [5.74, 6) is 1.58. The first-order valence-electron chi connectivity index (χ1n) is 10.2. The van der Waals surface area contributed by atoms with Gasteiger partial charge in [0.1, 0.15) is 17.5 Å². The summed E-state index contributed by atoms with van der Waals surface area (Å²) in [5, 5.41) is 0. The maximum atomic E-state index is 12.6. The number of ketones is 1. The van der Waals surface area contributed by atoms with Crippen molar-refractivity contribution in [2.45, 2.75) is 84.5 Å². The molecule has 2 saturated heterocycles. The molecule has 3 rings (SSSR count). The highest BCUT2D eigenvalue weighted by Gasteiger charge is 2.58. The predicted octanol–water partition coefficient (Wildman–Crippen LogP) is 4.32. The molecule has 0 aromatic carbocycles. The summed E-state index contributed by atoms with van der Waals surface area (Å²) in [7, 11) is 0. The van der Waals surface area contributed by atoms with E-state index in [-0.39, 0.29) is 35.8 Å². The van der Waals surface area contributed by atoms with Gasteiger partial charge in [0.15, 0.2) is 0 Å². The summed E-state index contributed by atoms with van der Waals surface area (Å²) in [4.78, 5) is 24.4. The maximum Gasteiger partial charge on any atom is 0.303 e. The molecule has 2 heterocycles. The van der Waals surface area contributed by atoms with Gasteiger partial charge >= 0.3 is 5.97 Å². The van der Waals surface area contributed by atoms with Crippen LogP contribution in [0.15, 0.2) is 12.2 Å². The first kappa shape index (κ1) is 19.6. The standard InChI is InChI=1S/C22H34O4/c1-12(2)16-8-7-13(3)19-18-11-14(4)17(24)9-10-22(6,26-15(5)23)21(25-18)20(16)19/h12,14,16,18-21H,3,7-11H2,1-2,4-6H3/t14-,16+,18+,19+,20+,21+,22+/m1/s1. The van der Waals surface area contributed by atoms with Crippen molar-refractivity contribution in [3.63, 3.8) is 0 Å². The van der Waals surface area contributed by atoms with Crippen LogP contribution in [0.5, 0.6) is 0 Å². The molecule has 2 bridgehead atoms. The molecular weight excluding hydrogens is 328 g/mol. The Morgan fingerprint density at radius 1 is 1.35 bits per heavy atom. The zero-order chi connectivity index (χ0) is 19.2. The Bertz CT molecular complexity index is 595. The van der Waals surface area contributed by atoms with Crippen LogP contribution in [-0.4, -0.2) is 29.6 Å². The molecule has 3 aliphatic rings. The lowest BCUT2D eigenvalue weighted by molar-refractivity contribution is -0.179. The second-order valence-electron chi connectivity index (χ2n) is 9.31. The summed E-state index contributed by atoms with van der Waals surface area (Å²) in [6, 6.07) is 0. The molecular formula is C22H34O4. The Morgan fingerprint density at radius 3 is 2.65 bits per heavy atom. The SMILES string of the molecule is C=C1CC[C@@H](C(C)C)[C@H]2[C@@H]1[C@@H]1C[C@@H](C)C(=O)CC[C@](C)(OC(C)=O)[C@H]2O1. The van der Waals surface area contributed by atoms with E-state index in [1.807, 2.05) is 13.8 Å². The summed E-state index contributed by atoms with van der Waals surface area (Å²) >= 11 is 0. The van der Waals surface area contributed by atoms with Crippen molar-refractivity contribution in [2.75, 3.05) is 0 Å². The predicted molar refractivity (Wildman–Crippen MR) is 101 cm³/mol. The Balaban J connectivity index is 2.05. The molecule has 0 spiro atoms. The summed E-state index contributed by atoms with van der Waals surface area (Å²) < 4.78 is 12.5. The molecule has 2 aliphatic heterocycles. The quantitative estimate of drug-likeness (QED) is 0.542. The number of fused-ring (bicyclic) bond motifs is 5. The number of ether oxygens (including phenoxy) is 2. The second-order valence-corrected chi connectivity index (χ2v) is 9.31. The third-order valence-corrected chi connectivity index (χ3v) is 7.09. The molecule has 0 aromatic heterocycles. The molecule has 3 fully saturated rings. The van der Waals surface area contributed by atoms with Gasteiger partial charge in [0, 0.05) is 31.1 Å². The van der Waals surface area contributed by atoms with E-state index < -0.39 is 5.60 Å². The molecule has 0 unspecified atom stereocenters. The van der Waals surface area contributed by atoms with Gasteiger partial charge in [0.25, 0.3) is 0 Å². The minimum Gasteiger partial charge on any atom is -0.457 e. The smallest absolute Gasteiger partial charge is 0.303 e. The molecule has 1 aliphatic carbocycles. The highest BCUT2D eigenvalue weighted by molar-refractivity contribution is 5.81. The van der Waals surface area contributed by atoms with Crippen LogP contribution < -0.4 is 0 Å². The highest BCUT2D eigenvalue weighted by Crippen LogP contribution is 2.55. The Kier molecular flexibility index (Phi) is 5.35. The van der Waals surface area contributed by atoms with E-state index in [9.17, 15) is 9.59 Å². The molecule has 7 atom stereocenters. The fourth-order valence-corrected chi connectivity index (χ4v) is 5.75. The molecule has 146 valence electrons. The van der Waals surface area contributed by atoms with Crippen LogP contribution in [0.1, 0.15) is 66.7 Å². The van der Waals surface area contributed by atoms with E-state index in [4.69, 9.17) is 9.47 Å². The molecule has 4 heteroatoms. The van der Waals surface area contributed by atoms with Crippen molar-refractivity contribution in [3.05, 3.63) is 12.2 Å². The van der Waals surface area contributed by atoms with E-state index in [0.717, 1.165) is 19.3 Å². The van der Waals surface area contributed by atoms with E-state index in [1.54, 1.807) is 0 Å². The summed E-state index contributed by atoms with van der Waals surface area (Å²) in [5.41, 5.74) is 0.498. The average Bonchev–Trinajstić information content (AvgIpc) is 2.93. The van der Waals surface area contributed by atoms with Gasteiger partial charge in [-0.3, -0.25) is 9.59 Å². The molecule has 1 saturated carbocycles. The van der Waals surface area contributed by atoms with Crippen LogP contribution in [0.3, 0.4) is 0 Å². The minimum absolute atomic E-state index is 0.00554. The highest BCUT2D eigenvalue weighted by atomic mass is 16.6. The molecule has 26 heavy (non-hydrogen) atoms. The Labute approximate surface area is 157 Å².